The molecule has 0 radical (unpaired) electrons. The number of hydrogen-bond acceptors (Lipinski definition) is 1. The third-order valence-corrected chi connectivity index (χ3v) is 3.90. The van der Waals surface area contributed by atoms with E-state index in [9.17, 15) is 22.0 Å². The van der Waals surface area contributed by atoms with E-state index < -0.39 is 17.8 Å². The molecular weight excluding hydrogens is 427 g/mol. The van der Waals surface area contributed by atoms with Gasteiger partial charge in [0.15, 0.2) is 5.69 Å². The molecule has 1 aromatic carbocycles. The summed E-state index contributed by atoms with van der Waals surface area (Å²) in [6.07, 6.45) is -4.59. The first-order chi connectivity index (χ1) is 9.50. The van der Waals surface area contributed by atoms with Crippen LogP contribution in [-0.4, -0.2) is 9.97 Å². The Bertz CT molecular complexity index is 673. The molecule has 21 heavy (non-hydrogen) atoms. The van der Waals surface area contributed by atoms with Crippen LogP contribution in [-0.2, 0) is 12.1 Å². The molecular formula is C12H7Br2F5N2. The van der Waals surface area contributed by atoms with E-state index in [1.807, 2.05) is 0 Å². The van der Waals surface area contributed by atoms with E-state index in [4.69, 9.17) is 0 Å². The highest BCUT2D eigenvalue weighted by Gasteiger charge is 2.36. The fraction of sp³-hybridized carbons (Fsp3) is 0.250. The molecule has 0 spiro atoms. The third-order valence-electron chi connectivity index (χ3n) is 2.67. The van der Waals surface area contributed by atoms with Crippen molar-refractivity contribution in [3.8, 4) is 11.4 Å². The predicted octanol–water partition coefficient (Wildman–Crippen LogP) is 5.73. The van der Waals surface area contributed by atoms with Crippen LogP contribution in [0.25, 0.3) is 11.4 Å². The molecule has 0 atom stereocenters. The number of benzene rings is 1. The molecule has 0 amide bonds. The van der Waals surface area contributed by atoms with Crippen molar-refractivity contribution in [1.29, 1.82) is 0 Å². The van der Waals surface area contributed by atoms with E-state index in [1.54, 1.807) is 0 Å². The number of aromatic nitrogens is 2. The summed E-state index contributed by atoms with van der Waals surface area (Å²) in [5.74, 6) is -3.12. The van der Waals surface area contributed by atoms with Gasteiger partial charge >= 0.3 is 6.18 Å². The van der Waals surface area contributed by atoms with Crippen molar-refractivity contribution in [2.45, 2.75) is 19.0 Å². The van der Waals surface area contributed by atoms with Crippen LogP contribution >= 0.6 is 31.9 Å². The minimum absolute atomic E-state index is 0.0768. The third kappa shape index (κ3) is 3.45. The lowest BCUT2D eigenvalue weighted by Crippen LogP contribution is -2.07. The average Bonchev–Trinajstić information content (AvgIpc) is 2.69. The molecule has 2 aromatic rings. The van der Waals surface area contributed by atoms with Crippen LogP contribution in [0.5, 0.6) is 0 Å². The average molecular weight is 434 g/mol. The van der Waals surface area contributed by atoms with Gasteiger partial charge in [-0.2, -0.15) is 13.2 Å². The highest BCUT2D eigenvalue weighted by atomic mass is 79.9. The lowest BCUT2D eigenvalue weighted by molar-refractivity contribution is -0.141. The number of halogens is 7. The molecule has 0 unspecified atom stereocenters. The first-order valence-corrected chi connectivity index (χ1v) is 7.09. The van der Waals surface area contributed by atoms with Gasteiger partial charge in [-0.1, -0.05) is 22.0 Å². The van der Waals surface area contributed by atoms with E-state index in [-0.39, 0.29) is 26.0 Å². The summed E-state index contributed by atoms with van der Waals surface area (Å²) in [7, 11) is 0. The normalized spacial score (nSPS) is 12.8. The molecule has 1 N–H and O–H groups in total. The molecule has 114 valence electrons. The van der Waals surface area contributed by atoms with Gasteiger partial charge in [0.1, 0.15) is 10.4 Å². The van der Waals surface area contributed by atoms with Crippen molar-refractivity contribution in [3.63, 3.8) is 0 Å². The van der Waals surface area contributed by atoms with Crippen molar-refractivity contribution in [1.82, 2.24) is 9.97 Å². The fourth-order valence-electron chi connectivity index (χ4n) is 1.65. The van der Waals surface area contributed by atoms with Gasteiger partial charge in [-0.15, -0.1) is 0 Å². The summed E-state index contributed by atoms with van der Waals surface area (Å²) in [6.45, 7) is 0.736. The van der Waals surface area contributed by atoms with Crippen molar-refractivity contribution >= 4 is 31.9 Å². The van der Waals surface area contributed by atoms with Crippen LogP contribution in [0.4, 0.5) is 22.0 Å². The Balaban J connectivity index is 2.49. The van der Waals surface area contributed by atoms with Crippen LogP contribution in [0, 0.1) is 0 Å². The molecule has 0 saturated heterocycles. The molecule has 0 saturated carbocycles. The maximum atomic E-state index is 13.2. The molecule has 2 nitrogen and oxygen atoms in total. The quantitative estimate of drug-likeness (QED) is 0.602. The van der Waals surface area contributed by atoms with Crippen LogP contribution in [0.2, 0.25) is 0 Å². The van der Waals surface area contributed by atoms with Gasteiger partial charge in [-0.25, -0.2) is 13.8 Å². The minimum atomic E-state index is -4.59. The van der Waals surface area contributed by atoms with Gasteiger partial charge in [0.25, 0.3) is 5.92 Å². The summed E-state index contributed by atoms with van der Waals surface area (Å²) in [4.78, 5) is 5.86. The molecule has 1 heterocycles. The lowest BCUT2D eigenvalue weighted by atomic mass is 10.1. The summed E-state index contributed by atoms with van der Waals surface area (Å²) < 4.78 is 64.3. The first-order valence-electron chi connectivity index (χ1n) is 5.51. The second-order valence-electron chi connectivity index (χ2n) is 4.33. The second-order valence-corrected chi connectivity index (χ2v) is 5.94. The molecule has 0 aliphatic heterocycles. The first kappa shape index (κ1) is 16.4. The molecule has 2 rings (SSSR count). The van der Waals surface area contributed by atoms with E-state index >= 15 is 0 Å². The van der Waals surface area contributed by atoms with Gasteiger partial charge in [0.2, 0.25) is 0 Å². The Kier molecular flexibility index (Phi) is 4.18. The minimum Gasteiger partial charge on any atom is -0.333 e. The SMILES string of the molecule is CC(F)(F)c1ccc(-c2nc(Br)c(C(F)(F)F)[nH]2)c(Br)c1. The zero-order valence-corrected chi connectivity index (χ0v) is 13.5. The monoisotopic (exact) mass is 432 g/mol. The van der Waals surface area contributed by atoms with Crippen LogP contribution in [0.1, 0.15) is 18.2 Å². The van der Waals surface area contributed by atoms with Crippen LogP contribution < -0.4 is 0 Å². The number of aromatic amines is 1. The van der Waals surface area contributed by atoms with E-state index in [0.29, 0.717) is 0 Å². The van der Waals surface area contributed by atoms with Crippen LogP contribution in [0.3, 0.4) is 0 Å². The number of H-pyrrole nitrogens is 1. The van der Waals surface area contributed by atoms with Gasteiger partial charge in [-0.3, -0.25) is 0 Å². The number of rotatable bonds is 2. The fourth-order valence-corrected chi connectivity index (χ4v) is 2.72. The lowest BCUT2D eigenvalue weighted by Gasteiger charge is -2.12. The van der Waals surface area contributed by atoms with Crippen molar-refractivity contribution in [2.75, 3.05) is 0 Å². The topological polar surface area (TPSA) is 28.7 Å². The van der Waals surface area contributed by atoms with E-state index in [0.717, 1.165) is 19.1 Å². The largest absolute Gasteiger partial charge is 0.433 e. The number of nitrogens with one attached hydrogen (secondary N) is 1. The maximum Gasteiger partial charge on any atom is 0.433 e. The van der Waals surface area contributed by atoms with Gasteiger partial charge in [0.05, 0.1) is 0 Å². The van der Waals surface area contributed by atoms with Crippen molar-refractivity contribution < 1.29 is 22.0 Å². The Morgan fingerprint density at radius 3 is 2.14 bits per heavy atom. The number of imidazole rings is 1. The van der Waals surface area contributed by atoms with Gasteiger partial charge in [-0.05, 0) is 28.1 Å². The van der Waals surface area contributed by atoms with E-state index in [2.05, 4.69) is 41.8 Å². The number of nitrogens with zero attached hydrogens (tertiary/aromatic N) is 1. The molecule has 0 fully saturated rings. The molecule has 0 aliphatic rings. The zero-order valence-electron chi connectivity index (χ0n) is 10.3. The number of alkyl halides is 5. The molecule has 0 bridgehead atoms. The summed E-state index contributed by atoms with van der Waals surface area (Å²) in [6, 6.07) is 3.57. The van der Waals surface area contributed by atoms with Crippen molar-refractivity contribution in [3.05, 3.63) is 38.5 Å². The number of hydrogen-bond donors (Lipinski definition) is 1. The Hall–Kier alpha value is -0.960. The molecule has 0 aliphatic carbocycles. The maximum absolute atomic E-state index is 13.2. The highest BCUT2D eigenvalue weighted by Crippen LogP contribution is 2.38. The molecule has 1 aromatic heterocycles. The van der Waals surface area contributed by atoms with Gasteiger partial charge < -0.3 is 4.98 Å². The summed E-state index contributed by atoms with van der Waals surface area (Å²) in [5, 5.41) is 0. The van der Waals surface area contributed by atoms with Gasteiger partial charge in [0, 0.05) is 22.5 Å². The zero-order chi connectivity index (χ0) is 16.0. The Labute approximate surface area is 133 Å². The second kappa shape index (κ2) is 5.35. The summed E-state index contributed by atoms with van der Waals surface area (Å²) in [5.41, 5.74) is -1.03. The van der Waals surface area contributed by atoms with E-state index in [1.165, 1.54) is 6.07 Å². The Morgan fingerprint density at radius 1 is 1.10 bits per heavy atom. The summed E-state index contributed by atoms with van der Waals surface area (Å²) >= 11 is 5.79. The Morgan fingerprint density at radius 2 is 1.71 bits per heavy atom. The molecule has 9 heteroatoms. The predicted molar refractivity (Wildman–Crippen MR) is 74.0 cm³/mol. The standard InChI is InChI=1S/C12H7Br2F5N2/c1-11(15,16)5-2-3-6(7(13)4-5)10-20-8(9(14)21-10)12(17,18)19/h2-4H,1H3,(H,20,21). The highest BCUT2D eigenvalue weighted by molar-refractivity contribution is 9.10. The smallest absolute Gasteiger partial charge is 0.333 e. The van der Waals surface area contributed by atoms with Crippen molar-refractivity contribution in [2.24, 2.45) is 0 Å². The van der Waals surface area contributed by atoms with Crippen LogP contribution in [0.15, 0.2) is 27.3 Å².